The van der Waals surface area contributed by atoms with Gasteiger partial charge < -0.3 is 5.32 Å². The normalized spacial score (nSPS) is 23.3. The molecule has 2 saturated carbocycles. The van der Waals surface area contributed by atoms with Crippen LogP contribution in [0.4, 0.5) is 18.9 Å². The molecule has 0 spiro atoms. The van der Waals surface area contributed by atoms with Crippen molar-refractivity contribution in [1.29, 1.82) is 0 Å². The lowest BCUT2D eigenvalue weighted by atomic mass is 9.97. The van der Waals surface area contributed by atoms with E-state index in [1.54, 1.807) is 30.0 Å². The van der Waals surface area contributed by atoms with E-state index in [9.17, 15) is 18.0 Å². The molecule has 0 saturated heterocycles. The van der Waals surface area contributed by atoms with Gasteiger partial charge in [0.25, 0.3) is 5.91 Å². The number of amides is 1. The third kappa shape index (κ3) is 4.40. The molecule has 158 valence electrons. The number of hydrogen-bond donors (Lipinski definition) is 1. The summed E-state index contributed by atoms with van der Waals surface area (Å²) in [7, 11) is 0. The van der Waals surface area contributed by atoms with Gasteiger partial charge in [0.2, 0.25) is 0 Å². The maximum absolute atomic E-state index is 13.4. The van der Waals surface area contributed by atoms with Crippen LogP contribution in [-0.4, -0.2) is 11.2 Å². The molecule has 4 rings (SSSR count). The van der Waals surface area contributed by atoms with Crippen LogP contribution in [-0.2, 0) is 0 Å². The number of hydrogen-bond acceptors (Lipinski definition) is 2. The van der Waals surface area contributed by atoms with Crippen LogP contribution in [0.1, 0.15) is 42.5 Å². The number of benzene rings is 2. The Balaban J connectivity index is 1.53. The number of allylic oxidation sites excluding steroid dienone is 1. The Morgan fingerprint density at radius 3 is 2.50 bits per heavy atom. The van der Waals surface area contributed by atoms with Crippen LogP contribution >= 0.6 is 23.4 Å². The van der Waals surface area contributed by atoms with Crippen LogP contribution in [0, 0.1) is 29.3 Å². The second kappa shape index (κ2) is 8.67. The minimum absolute atomic E-state index is 0.152. The summed E-state index contributed by atoms with van der Waals surface area (Å²) in [5, 5.41) is 3.41. The van der Waals surface area contributed by atoms with Gasteiger partial charge in [-0.3, -0.25) is 4.79 Å². The second-order valence-electron chi connectivity index (χ2n) is 8.03. The Morgan fingerprint density at radius 1 is 1.07 bits per heavy atom. The van der Waals surface area contributed by atoms with E-state index in [2.05, 4.69) is 11.9 Å². The molecule has 7 heteroatoms. The molecule has 2 fully saturated rings. The highest BCUT2D eigenvalue weighted by Crippen LogP contribution is 2.50. The average Bonchev–Trinajstić information content (AvgIpc) is 2.98. The number of thioether (sulfide) groups is 1. The molecule has 1 N–H and O–H groups in total. The summed E-state index contributed by atoms with van der Waals surface area (Å²) in [5.74, 6) is -3.66. The van der Waals surface area contributed by atoms with Crippen molar-refractivity contribution in [2.45, 2.75) is 42.2 Å². The molecule has 1 amide bonds. The molecule has 3 atom stereocenters. The number of fused-ring (bicyclic) bond motifs is 2. The van der Waals surface area contributed by atoms with Gasteiger partial charge in [-0.15, -0.1) is 11.8 Å². The van der Waals surface area contributed by atoms with Crippen molar-refractivity contribution >= 4 is 35.0 Å². The Labute approximate surface area is 182 Å². The third-order valence-electron chi connectivity index (χ3n) is 5.96. The van der Waals surface area contributed by atoms with Crippen LogP contribution in [0.25, 0.3) is 0 Å². The average molecular weight is 452 g/mol. The minimum Gasteiger partial charge on any atom is -0.322 e. The van der Waals surface area contributed by atoms with Crippen LogP contribution in [0.15, 0.2) is 47.4 Å². The topological polar surface area (TPSA) is 29.1 Å². The first kappa shape index (κ1) is 21.3. The van der Waals surface area contributed by atoms with E-state index in [0.29, 0.717) is 27.7 Å². The lowest BCUT2D eigenvalue weighted by Gasteiger charge is -2.22. The fourth-order valence-corrected chi connectivity index (χ4v) is 6.25. The Kier molecular flexibility index (Phi) is 6.16. The molecule has 2 aliphatic rings. The first-order chi connectivity index (χ1) is 14.3. The van der Waals surface area contributed by atoms with Crippen molar-refractivity contribution in [2.24, 2.45) is 11.8 Å². The van der Waals surface area contributed by atoms with E-state index >= 15 is 0 Å². The molecule has 2 nitrogen and oxygen atoms in total. The van der Waals surface area contributed by atoms with Crippen molar-refractivity contribution in [1.82, 2.24) is 0 Å². The van der Waals surface area contributed by atoms with Crippen LogP contribution in [0.2, 0.25) is 5.02 Å². The fourth-order valence-electron chi connectivity index (χ4n) is 4.44. The molecule has 2 bridgehead atoms. The highest BCUT2D eigenvalue weighted by molar-refractivity contribution is 8.00. The molecule has 30 heavy (non-hydrogen) atoms. The lowest BCUT2D eigenvalue weighted by Crippen LogP contribution is -2.16. The quantitative estimate of drug-likeness (QED) is 0.392. The van der Waals surface area contributed by atoms with Crippen molar-refractivity contribution in [3.8, 4) is 0 Å². The van der Waals surface area contributed by atoms with E-state index in [4.69, 9.17) is 11.6 Å². The smallest absolute Gasteiger partial charge is 0.255 e. The first-order valence-corrected chi connectivity index (χ1v) is 11.2. The van der Waals surface area contributed by atoms with Gasteiger partial charge in [-0.2, -0.15) is 0 Å². The van der Waals surface area contributed by atoms with E-state index in [1.807, 2.05) is 0 Å². The molecule has 2 aromatic carbocycles. The maximum atomic E-state index is 13.4. The molecule has 0 heterocycles. The number of carbonyl (C=O) groups is 1. The van der Waals surface area contributed by atoms with E-state index in [1.165, 1.54) is 18.4 Å². The molecule has 2 unspecified atom stereocenters. The van der Waals surface area contributed by atoms with Gasteiger partial charge in [0.15, 0.2) is 17.5 Å². The standard InChI is InChI=1S/C23H21ClF3NOS/c1-12-2-3-13-4-5-14(8-12)22(13)30-20-9-15(6-7-17(20)24)23(29)28-16-10-18(25)21(27)19(26)11-16/h6-7,9-11,13-14,22H,1-5,8H2,(H,28,29)/t13?,14?,22-/m1/s1. The zero-order valence-electron chi connectivity index (χ0n) is 16.2. The second-order valence-corrected chi connectivity index (χ2v) is 9.65. The lowest BCUT2D eigenvalue weighted by molar-refractivity contribution is 0.102. The van der Waals surface area contributed by atoms with Gasteiger partial charge in [-0.1, -0.05) is 23.8 Å². The Hall–Kier alpha value is -1.92. The minimum atomic E-state index is -1.57. The highest BCUT2D eigenvalue weighted by Gasteiger charge is 2.39. The zero-order chi connectivity index (χ0) is 21.4. The number of rotatable bonds is 4. The van der Waals surface area contributed by atoms with E-state index in [-0.39, 0.29) is 5.69 Å². The molecule has 2 aromatic rings. The Bertz CT molecular complexity index is 989. The van der Waals surface area contributed by atoms with Gasteiger partial charge in [-0.05, 0) is 62.1 Å². The highest BCUT2D eigenvalue weighted by atomic mass is 35.5. The van der Waals surface area contributed by atoms with Gasteiger partial charge in [0.05, 0.1) is 5.02 Å². The largest absolute Gasteiger partial charge is 0.322 e. The SMILES string of the molecule is C=C1CCC2CCC(C1)[C@@H]2Sc1cc(C(=O)Nc2cc(F)c(F)c(F)c2)ccc1Cl. The van der Waals surface area contributed by atoms with Crippen molar-refractivity contribution < 1.29 is 18.0 Å². The Morgan fingerprint density at radius 2 is 1.77 bits per heavy atom. The van der Waals surface area contributed by atoms with Crippen LogP contribution in [0.3, 0.4) is 0 Å². The zero-order valence-corrected chi connectivity index (χ0v) is 17.8. The predicted molar refractivity (Wildman–Crippen MR) is 115 cm³/mol. The summed E-state index contributed by atoms with van der Waals surface area (Å²) in [5.41, 5.74) is 1.48. The number of halogens is 4. The maximum Gasteiger partial charge on any atom is 0.255 e. The van der Waals surface area contributed by atoms with Crippen molar-refractivity contribution in [3.63, 3.8) is 0 Å². The van der Waals surface area contributed by atoms with Gasteiger partial charge >= 0.3 is 0 Å². The van der Waals surface area contributed by atoms with Crippen LogP contribution in [0.5, 0.6) is 0 Å². The van der Waals surface area contributed by atoms with E-state index < -0.39 is 23.4 Å². The third-order valence-corrected chi connectivity index (χ3v) is 8.03. The molecule has 2 aliphatic carbocycles. The van der Waals surface area contributed by atoms with Crippen LogP contribution < -0.4 is 5.32 Å². The summed E-state index contributed by atoms with van der Waals surface area (Å²) in [4.78, 5) is 13.4. The van der Waals surface area contributed by atoms with E-state index in [0.717, 1.165) is 36.3 Å². The molecular formula is C23H21ClF3NOS. The summed E-state index contributed by atoms with van der Waals surface area (Å²) < 4.78 is 40.0. The summed E-state index contributed by atoms with van der Waals surface area (Å²) in [6.45, 7) is 4.18. The molecule has 0 radical (unpaired) electrons. The predicted octanol–water partition coefficient (Wildman–Crippen LogP) is 7.24. The summed E-state index contributed by atoms with van der Waals surface area (Å²) >= 11 is 8.12. The fraction of sp³-hybridized carbons (Fsp3) is 0.348. The van der Waals surface area contributed by atoms with Gasteiger partial charge in [0, 0.05) is 33.5 Å². The van der Waals surface area contributed by atoms with Crippen molar-refractivity contribution in [2.75, 3.05) is 5.32 Å². The number of nitrogens with one attached hydrogen (secondary N) is 1. The number of anilines is 1. The van der Waals surface area contributed by atoms with Crippen molar-refractivity contribution in [3.05, 3.63) is 70.5 Å². The summed E-state index contributed by atoms with van der Waals surface area (Å²) in [6.07, 6.45) is 5.62. The van der Waals surface area contributed by atoms with Gasteiger partial charge in [0.1, 0.15) is 0 Å². The molecular weight excluding hydrogens is 431 g/mol. The molecule has 0 aliphatic heterocycles. The summed E-state index contributed by atoms with van der Waals surface area (Å²) in [6, 6.07) is 6.41. The first-order valence-electron chi connectivity index (χ1n) is 9.90. The van der Waals surface area contributed by atoms with Gasteiger partial charge in [-0.25, -0.2) is 13.2 Å². The number of carbonyl (C=O) groups excluding carboxylic acids is 1. The monoisotopic (exact) mass is 451 g/mol. The molecule has 0 aromatic heterocycles.